The van der Waals surface area contributed by atoms with Gasteiger partial charge in [-0.1, -0.05) is 23.7 Å². The first-order chi connectivity index (χ1) is 13.6. The molecule has 0 aliphatic carbocycles. The van der Waals surface area contributed by atoms with E-state index in [4.69, 9.17) is 21.1 Å². The first-order valence-electron chi connectivity index (χ1n) is 8.62. The second-order valence-electron chi connectivity index (χ2n) is 6.22. The van der Waals surface area contributed by atoms with Gasteiger partial charge < -0.3 is 20.1 Å². The monoisotopic (exact) mass is 396 g/mol. The first-order valence-corrected chi connectivity index (χ1v) is 8.99. The van der Waals surface area contributed by atoms with Crippen LogP contribution in [0.5, 0.6) is 11.5 Å². The van der Waals surface area contributed by atoms with E-state index >= 15 is 0 Å². The molecule has 142 valence electrons. The van der Waals surface area contributed by atoms with Crippen molar-refractivity contribution in [3.8, 4) is 11.5 Å². The number of carbonyl (C=O) groups is 1. The number of carbonyl (C=O) groups excluding carboxylic acids is 1. The number of halogens is 1. The van der Waals surface area contributed by atoms with E-state index in [2.05, 4.69) is 20.6 Å². The minimum absolute atomic E-state index is 0.206. The fourth-order valence-electron chi connectivity index (χ4n) is 2.72. The van der Waals surface area contributed by atoms with Gasteiger partial charge in [0, 0.05) is 29.0 Å². The van der Waals surface area contributed by atoms with Gasteiger partial charge in [-0.3, -0.25) is 4.79 Å². The van der Waals surface area contributed by atoms with Crippen molar-refractivity contribution in [1.82, 2.24) is 15.3 Å². The molecule has 28 heavy (non-hydrogen) atoms. The zero-order chi connectivity index (χ0) is 19.5. The van der Waals surface area contributed by atoms with Gasteiger partial charge in [-0.25, -0.2) is 9.97 Å². The van der Waals surface area contributed by atoms with Gasteiger partial charge in [0.1, 0.15) is 5.69 Å². The third kappa shape index (κ3) is 4.15. The zero-order valence-electron chi connectivity index (χ0n) is 15.0. The Morgan fingerprint density at radius 1 is 1.07 bits per heavy atom. The maximum Gasteiger partial charge on any atom is 0.270 e. The number of aryl methyl sites for hydroxylation is 1. The Bertz CT molecular complexity index is 1020. The molecule has 7 nitrogen and oxygen atoms in total. The summed E-state index contributed by atoms with van der Waals surface area (Å²) >= 11 is 5.88. The highest BCUT2D eigenvalue weighted by atomic mass is 35.5. The lowest BCUT2D eigenvalue weighted by Gasteiger charge is -2.09. The minimum atomic E-state index is -0.283. The predicted octanol–water partition coefficient (Wildman–Crippen LogP) is 3.84. The standard InChI is InChI=1S/C20H17ClN4O3/c1-12-8-16(19(26)22-10-13-2-4-14(21)5-3-13)25-20(23-12)24-15-6-7-17-18(9-15)28-11-27-17/h2-9H,10-11H2,1H3,(H,22,26)(H,23,24,25). The van der Waals surface area contributed by atoms with E-state index in [-0.39, 0.29) is 18.4 Å². The van der Waals surface area contributed by atoms with E-state index in [1.807, 2.05) is 25.1 Å². The summed E-state index contributed by atoms with van der Waals surface area (Å²) in [5.41, 5.74) is 2.64. The largest absolute Gasteiger partial charge is 0.454 e. The van der Waals surface area contributed by atoms with Crippen LogP contribution in [0.2, 0.25) is 5.02 Å². The van der Waals surface area contributed by atoms with E-state index in [0.29, 0.717) is 34.7 Å². The minimum Gasteiger partial charge on any atom is -0.454 e. The predicted molar refractivity (Wildman–Crippen MR) is 105 cm³/mol. The number of hydrogen-bond acceptors (Lipinski definition) is 6. The molecule has 8 heteroatoms. The molecule has 1 aliphatic rings. The molecule has 0 radical (unpaired) electrons. The number of nitrogens with zero attached hydrogens (tertiary/aromatic N) is 2. The van der Waals surface area contributed by atoms with Crippen LogP contribution < -0.4 is 20.1 Å². The molecule has 0 fully saturated rings. The Morgan fingerprint density at radius 3 is 2.68 bits per heavy atom. The second kappa shape index (κ2) is 7.74. The SMILES string of the molecule is Cc1cc(C(=O)NCc2ccc(Cl)cc2)nc(Nc2ccc3c(c2)OCO3)n1. The first kappa shape index (κ1) is 18.1. The molecule has 0 atom stereocenters. The molecule has 0 unspecified atom stereocenters. The second-order valence-corrected chi connectivity index (χ2v) is 6.66. The fraction of sp³-hybridized carbons (Fsp3) is 0.150. The summed E-state index contributed by atoms with van der Waals surface area (Å²) in [5, 5.41) is 6.60. The lowest BCUT2D eigenvalue weighted by Crippen LogP contribution is -2.24. The molecule has 1 amide bonds. The van der Waals surface area contributed by atoms with Gasteiger partial charge in [0.05, 0.1) is 0 Å². The molecule has 3 aromatic rings. The van der Waals surface area contributed by atoms with Gasteiger partial charge in [0.2, 0.25) is 12.7 Å². The summed E-state index contributed by atoms with van der Waals surface area (Å²) in [6.45, 7) is 2.39. The Balaban J connectivity index is 1.47. The smallest absolute Gasteiger partial charge is 0.270 e. The number of nitrogens with one attached hydrogen (secondary N) is 2. The highest BCUT2D eigenvalue weighted by Crippen LogP contribution is 2.34. The van der Waals surface area contributed by atoms with Gasteiger partial charge in [0.25, 0.3) is 5.91 Å². The molecule has 0 bridgehead atoms. The van der Waals surface area contributed by atoms with Gasteiger partial charge >= 0.3 is 0 Å². The number of ether oxygens (including phenoxy) is 2. The molecule has 2 N–H and O–H groups in total. The van der Waals surface area contributed by atoms with Crippen molar-refractivity contribution in [2.24, 2.45) is 0 Å². The number of aromatic nitrogens is 2. The van der Waals surface area contributed by atoms with Crippen molar-refractivity contribution in [3.05, 3.63) is 70.5 Å². The van der Waals surface area contributed by atoms with Crippen LogP contribution >= 0.6 is 11.6 Å². The topological polar surface area (TPSA) is 85.4 Å². The lowest BCUT2D eigenvalue weighted by molar-refractivity contribution is 0.0945. The highest BCUT2D eigenvalue weighted by Gasteiger charge is 2.15. The molecule has 1 aliphatic heterocycles. The summed E-state index contributed by atoms with van der Waals surface area (Å²) in [4.78, 5) is 21.2. The molecular formula is C20H17ClN4O3. The Labute approximate surface area is 166 Å². The average Bonchev–Trinajstić information content (AvgIpc) is 3.14. The van der Waals surface area contributed by atoms with E-state index in [9.17, 15) is 4.79 Å². The van der Waals surface area contributed by atoms with Crippen LogP contribution in [0.25, 0.3) is 0 Å². The summed E-state index contributed by atoms with van der Waals surface area (Å²) in [6.07, 6.45) is 0. The Morgan fingerprint density at radius 2 is 1.86 bits per heavy atom. The molecule has 0 saturated carbocycles. The molecule has 2 heterocycles. The molecule has 2 aromatic carbocycles. The molecule has 1 aromatic heterocycles. The summed E-state index contributed by atoms with van der Waals surface area (Å²) in [7, 11) is 0. The van der Waals surface area contributed by atoms with Gasteiger partial charge in [-0.15, -0.1) is 0 Å². The Hall–Kier alpha value is -3.32. The van der Waals surface area contributed by atoms with Crippen molar-refractivity contribution in [3.63, 3.8) is 0 Å². The van der Waals surface area contributed by atoms with E-state index in [0.717, 1.165) is 11.3 Å². The van der Waals surface area contributed by atoms with Crippen LogP contribution in [-0.2, 0) is 6.54 Å². The van der Waals surface area contributed by atoms with E-state index in [1.165, 1.54) is 0 Å². The van der Waals surface area contributed by atoms with Crippen LogP contribution in [0.4, 0.5) is 11.6 Å². The summed E-state index contributed by atoms with van der Waals surface area (Å²) in [6, 6.07) is 14.4. The zero-order valence-corrected chi connectivity index (χ0v) is 15.8. The number of benzene rings is 2. The van der Waals surface area contributed by atoms with E-state index in [1.54, 1.807) is 30.3 Å². The van der Waals surface area contributed by atoms with Crippen LogP contribution in [-0.4, -0.2) is 22.7 Å². The number of fused-ring (bicyclic) bond motifs is 1. The summed E-state index contributed by atoms with van der Waals surface area (Å²) in [5.74, 6) is 1.39. The molecular weight excluding hydrogens is 380 g/mol. The van der Waals surface area contributed by atoms with Crippen LogP contribution in [0.1, 0.15) is 21.7 Å². The molecule has 0 spiro atoms. The van der Waals surface area contributed by atoms with Crippen molar-refractivity contribution in [2.45, 2.75) is 13.5 Å². The third-order valence-electron chi connectivity index (χ3n) is 4.08. The van der Waals surface area contributed by atoms with Crippen LogP contribution in [0.3, 0.4) is 0 Å². The van der Waals surface area contributed by atoms with Crippen molar-refractivity contribution < 1.29 is 14.3 Å². The lowest BCUT2D eigenvalue weighted by atomic mass is 10.2. The fourth-order valence-corrected chi connectivity index (χ4v) is 2.85. The van der Waals surface area contributed by atoms with Crippen molar-refractivity contribution >= 4 is 29.1 Å². The number of rotatable bonds is 5. The Kier molecular flexibility index (Phi) is 4.99. The number of hydrogen-bond donors (Lipinski definition) is 2. The van der Waals surface area contributed by atoms with E-state index < -0.39 is 0 Å². The van der Waals surface area contributed by atoms with Gasteiger partial charge in [-0.2, -0.15) is 0 Å². The van der Waals surface area contributed by atoms with Gasteiger partial charge in [0.15, 0.2) is 11.5 Å². The normalized spacial score (nSPS) is 11.9. The average molecular weight is 397 g/mol. The quantitative estimate of drug-likeness (QED) is 0.681. The molecule has 4 rings (SSSR count). The van der Waals surface area contributed by atoms with Crippen LogP contribution in [0.15, 0.2) is 48.5 Å². The number of amides is 1. The highest BCUT2D eigenvalue weighted by molar-refractivity contribution is 6.30. The van der Waals surface area contributed by atoms with Crippen molar-refractivity contribution in [1.29, 1.82) is 0 Å². The maximum absolute atomic E-state index is 12.5. The van der Waals surface area contributed by atoms with Gasteiger partial charge in [-0.05, 0) is 42.8 Å². The third-order valence-corrected chi connectivity index (χ3v) is 4.33. The van der Waals surface area contributed by atoms with Crippen LogP contribution in [0, 0.1) is 6.92 Å². The molecule has 0 saturated heterocycles. The maximum atomic E-state index is 12.5. The number of anilines is 2. The summed E-state index contributed by atoms with van der Waals surface area (Å²) < 4.78 is 10.7. The van der Waals surface area contributed by atoms with Crippen molar-refractivity contribution in [2.75, 3.05) is 12.1 Å².